The van der Waals surface area contributed by atoms with Crippen molar-refractivity contribution < 1.29 is 13.9 Å². The van der Waals surface area contributed by atoms with Crippen molar-refractivity contribution in [2.24, 2.45) is 4.99 Å². The van der Waals surface area contributed by atoms with E-state index in [0.717, 1.165) is 0 Å². The lowest BCUT2D eigenvalue weighted by molar-refractivity contribution is -0.138. The minimum absolute atomic E-state index is 0.173. The molecule has 0 fully saturated rings. The molecule has 1 aromatic carbocycles. The number of carbonyl (C=O) groups is 1. The van der Waals surface area contributed by atoms with Crippen molar-refractivity contribution in [1.82, 2.24) is 10.3 Å². The Labute approximate surface area is 163 Å². The number of halogens is 3. The van der Waals surface area contributed by atoms with E-state index in [1.165, 1.54) is 35.7 Å². The van der Waals surface area contributed by atoms with Crippen LogP contribution in [0.15, 0.2) is 40.7 Å². The summed E-state index contributed by atoms with van der Waals surface area (Å²) in [6.07, 6.45) is 1.52. The van der Waals surface area contributed by atoms with Crippen LogP contribution in [0.3, 0.4) is 0 Å². The molecule has 9 heteroatoms. The number of hydrogen-bond acceptors (Lipinski definition) is 6. The lowest BCUT2D eigenvalue weighted by Gasteiger charge is -2.26. The predicted molar refractivity (Wildman–Crippen MR) is 100 cm³/mol. The number of allylic oxidation sites excluding steroid dienone is 1. The summed E-state index contributed by atoms with van der Waals surface area (Å²) in [5.41, 5.74) is 1.37. The molecule has 2 heterocycles. The molecule has 0 spiro atoms. The smallest absolute Gasteiger partial charge is 0.338 e. The summed E-state index contributed by atoms with van der Waals surface area (Å²) >= 11 is 13.4. The molecule has 136 valence electrons. The first kappa shape index (κ1) is 18.8. The molecule has 0 saturated carbocycles. The van der Waals surface area contributed by atoms with E-state index < -0.39 is 17.8 Å². The quantitative estimate of drug-likeness (QED) is 0.748. The molecule has 2 aromatic rings. The number of nitrogens with zero attached hydrogens (tertiary/aromatic N) is 2. The van der Waals surface area contributed by atoms with Crippen LogP contribution in [-0.2, 0) is 9.53 Å². The highest BCUT2D eigenvalue weighted by atomic mass is 35.5. The van der Waals surface area contributed by atoms with Gasteiger partial charge >= 0.3 is 5.97 Å². The maximum atomic E-state index is 13.5. The summed E-state index contributed by atoms with van der Waals surface area (Å²) in [4.78, 5) is 21.3. The Morgan fingerprint density at radius 3 is 2.81 bits per heavy atom. The second-order valence-electron chi connectivity index (χ2n) is 5.40. The normalized spacial score (nSPS) is 17.0. The number of hydrogen-bond donors (Lipinski definition) is 1. The van der Waals surface area contributed by atoms with Crippen LogP contribution in [-0.4, -0.2) is 23.4 Å². The van der Waals surface area contributed by atoms with Gasteiger partial charge in [0.2, 0.25) is 0 Å². The second-order valence-corrected chi connectivity index (χ2v) is 7.47. The number of carbonyl (C=O) groups excluding carboxylic acids is 1. The Kier molecular flexibility index (Phi) is 5.60. The molecule has 3 rings (SSSR count). The lowest BCUT2D eigenvalue weighted by atomic mass is 9.96. The van der Waals surface area contributed by atoms with Gasteiger partial charge in [0.05, 0.1) is 18.4 Å². The number of esters is 1. The van der Waals surface area contributed by atoms with Crippen LogP contribution in [0.25, 0.3) is 0 Å². The van der Waals surface area contributed by atoms with E-state index >= 15 is 0 Å². The number of benzene rings is 1. The number of aromatic nitrogens is 1. The van der Waals surface area contributed by atoms with Gasteiger partial charge in [0, 0.05) is 16.3 Å². The molecule has 1 aliphatic rings. The highest BCUT2D eigenvalue weighted by Gasteiger charge is 2.32. The van der Waals surface area contributed by atoms with Gasteiger partial charge in [0.25, 0.3) is 0 Å². The van der Waals surface area contributed by atoms with Gasteiger partial charge in [0.15, 0.2) is 10.8 Å². The largest absolute Gasteiger partial charge is 0.463 e. The average Bonchev–Trinajstić information content (AvgIpc) is 3.01. The third-order valence-corrected chi connectivity index (χ3v) is 5.12. The molecule has 5 nitrogen and oxygen atoms in total. The maximum absolute atomic E-state index is 13.5. The molecule has 1 aliphatic heterocycles. The molecule has 1 unspecified atom stereocenters. The molecule has 1 atom stereocenters. The van der Waals surface area contributed by atoms with Crippen molar-refractivity contribution in [2.75, 3.05) is 6.61 Å². The zero-order valence-corrected chi connectivity index (χ0v) is 16.2. The number of nitrogens with one attached hydrogen (secondary N) is 1. The van der Waals surface area contributed by atoms with E-state index in [1.54, 1.807) is 13.8 Å². The highest BCUT2D eigenvalue weighted by molar-refractivity contribution is 7.17. The molecular weight excluding hydrogens is 400 g/mol. The van der Waals surface area contributed by atoms with E-state index in [0.29, 0.717) is 32.0 Å². The zero-order valence-electron chi connectivity index (χ0n) is 13.8. The topological polar surface area (TPSA) is 63.6 Å². The minimum Gasteiger partial charge on any atom is -0.463 e. The Morgan fingerprint density at radius 1 is 1.42 bits per heavy atom. The standard InChI is InChI=1S/C17H14Cl2FN3O2S/c1-3-25-17(24)13-8(2)22-15(16-21-7-12(19)26-16)23-14(13)10-5-4-9(20)6-11(10)18/h4-7,14H,3H2,1-2H3,(H,22,23). The molecular formula is C17H14Cl2FN3O2S. The number of ether oxygens (including phenoxy) is 1. The maximum Gasteiger partial charge on any atom is 0.338 e. The van der Waals surface area contributed by atoms with E-state index in [1.807, 2.05) is 0 Å². The van der Waals surface area contributed by atoms with Gasteiger partial charge in [-0.2, -0.15) is 0 Å². The zero-order chi connectivity index (χ0) is 18.8. The molecule has 0 bridgehead atoms. The van der Waals surface area contributed by atoms with Gasteiger partial charge in [-0.05, 0) is 26.0 Å². The summed E-state index contributed by atoms with van der Waals surface area (Å²) in [6.45, 7) is 3.68. The van der Waals surface area contributed by atoms with Crippen molar-refractivity contribution in [3.8, 4) is 0 Å². The highest BCUT2D eigenvalue weighted by Crippen LogP contribution is 2.36. The van der Waals surface area contributed by atoms with E-state index in [-0.39, 0.29) is 11.6 Å². The summed E-state index contributed by atoms with van der Waals surface area (Å²) < 4.78 is 19.1. The van der Waals surface area contributed by atoms with Gasteiger partial charge < -0.3 is 10.1 Å². The van der Waals surface area contributed by atoms with Crippen LogP contribution in [0.4, 0.5) is 4.39 Å². The number of aliphatic imine (C=N–C) groups is 1. The SMILES string of the molecule is CCOC(=O)C1=C(C)NC(c2ncc(Cl)s2)=NC1c1ccc(F)cc1Cl. The number of rotatable bonds is 4. The fourth-order valence-electron chi connectivity index (χ4n) is 2.57. The van der Waals surface area contributed by atoms with Gasteiger partial charge in [-0.15, -0.1) is 0 Å². The molecule has 1 aromatic heterocycles. The molecule has 1 N–H and O–H groups in total. The van der Waals surface area contributed by atoms with Gasteiger partial charge in [-0.1, -0.05) is 40.6 Å². The number of amidine groups is 1. The molecule has 0 amide bonds. The first-order chi connectivity index (χ1) is 12.4. The van der Waals surface area contributed by atoms with Crippen LogP contribution in [0, 0.1) is 5.82 Å². The minimum atomic E-state index is -0.749. The van der Waals surface area contributed by atoms with Crippen molar-refractivity contribution in [3.63, 3.8) is 0 Å². The summed E-state index contributed by atoms with van der Waals surface area (Å²) in [5.74, 6) is -0.525. The second kappa shape index (κ2) is 7.73. The van der Waals surface area contributed by atoms with Crippen LogP contribution in [0.1, 0.15) is 30.5 Å². The summed E-state index contributed by atoms with van der Waals surface area (Å²) in [7, 11) is 0. The van der Waals surface area contributed by atoms with E-state index in [2.05, 4.69) is 15.3 Å². The van der Waals surface area contributed by atoms with Crippen LogP contribution in [0.5, 0.6) is 0 Å². The summed E-state index contributed by atoms with van der Waals surface area (Å²) in [5, 5.41) is 3.81. The number of thiazole rings is 1. The molecule has 0 aliphatic carbocycles. The summed E-state index contributed by atoms with van der Waals surface area (Å²) in [6, 6.07) is 3.22. The van der Waals surface area contributed by atoms with Crippen LogP contribution >= 0.6 is 34.5 Å². The molecule has 0 saturated heterocycles. The van der Waals surface area contributed by atoms with Crippen LogP contribution < -0.4 is 5.32 Å². The molecule has 0 radical (unpaired) electrons. The van der Waals surface area contributed by atoms with Crippen LogP contribution in [0.2, 0.25) is 9.36 Å². The Balaban J connectivity index is 2.12. The van der Waals surface area contributed by atoms with Crippen molar-refractivity contribution in [3.05, 3.63) is 61.4 Å². The monoisotopic (exact) mass is 413 g/mol. The van der Waals surface area contributed by atoms with Crippen molar-refractivity contribution in [1.29, 1.82) is 0 Å². The molecule has 26 heavy (non-hydrogen) atoms. The Morgan fingerprint density at radius 2 is 2.19 bits per heavy atom. The first-order valence-electron chi connectivity index (χ1n) is 7.70. The van der Waals surface area contributed by atoms with Gasteiger partial charge in [-0.3, -0.25) is 4.99 Å². The third kappa shape index (κ3) is 3.75. The Hall–Kier alpha value is -1.96. The lowest BCUT2D eigenvalue weighted by Crippen LogP contribution is -2.32. The van der Waals surface area contributed by atoms with E-state index in [4.69, 9.17) is 27.9 Å². The van der Waals surface area contributed by atoms with Crippen molar-refractivity contribution >= 4 is 46.3 Å². The first-order valence-corrected chi connectivity index (χ1v) is 9.27. The van der Waals surface area contributed by atoms with Crippen molar-refractivity contribution in [2.45, 2.75) is 19.9 Å². The van der Waals surface area contributed by atoms with Gasteiger partial charge in [-0.25, -0.2) is 14.2 Å². The third-order valence-electron chi connectivity index (χ3n) is 3.67. The fourth-order valence-corrected chi connectivity index (χ4v) is 3.70. The Bertz CT molecular complexity index is 926. The predicted octanol–water partition coefficient (Wildman–Crippen LogP) is 4.52. The fraction of sp³-hybridized carbons (Fsp3) is 0.235. The van der Waals surface area contributed by atoms with E-state index in [9.17, 15) is 9.18 Å². The van der Waals surface area contributed by atoms with Gasteiger partial charge in [0.1, 0.15) is 16.2 Å². The average molecular weight is 414 g/mol.